The van der Waals surface area contributed by atoms with Gasteiger partial charge in [0.25, 0.3) is 0 Å². The van der Waals surface area contributed by atoms with Crippen LogP contribution in [0.2, 0.25) is 0 Å². The zero-order valence-electron chi connectivity index (χ0n) is 11.6. The van der Waals surface area contributed by atoms with Crippen LogP contribution in [0.25, 0.3) is 0 Å². The van der Waals surface area contributed by atoms with Gasteiger partial charge in [-0.05, 0) is 31.2 Å². The molecule has 3 heteroatoms. The Labute approximate surface area is 115 Å². The van der Waals surface area contributed by atoms with Gasteiger partial charge in [-0.2, -0.15) is 0 Å². The van der Waals surface area contributed by atoms with E-state index in [0.29, 0.717) is 0 Å². The maximum atomic E-state index is 12.5. The average Bonchev–Trinajstić information content (AvgIpc) is 2.41. The van der Waals surface area contributed by atoms with Gasteiger partial charge in [0.15, 0.2) is 0 Å². The third-order valence-corrected chi connectivity index (χ3v) is 4.23. The van der Waals surface area contributed by atoms with Gasteiger partial charge >= 0.3 is 0 Å². The van der Waals surface area contributed by atoms with E-state index in [-0.39, 0.29) is 24.0 Å². The Hall–Kier alpha value is -1.35. The van der Waals surface area contributed by atoms with Crippen LogP contribution < -0.4 is 5.32 Å². The van der Waals surface area contributed by atoms with E-state index in [9.17, 15) is 9.90 Å². The molecule has 1 saturated carbocycles. The van der Waals surface area contributed by atoms with Crippen LogP contribution in [0.4, 0.5) is 0 Å². The van der Waals surface area contributed by atoms with E-state index in [0.717, 1.165) is 32.1 Å². The Morgan fingerprint density at radius 3 is 2.53 bits per heavy atom. The molecule has 0 heterocycles. The van der Waals surface area contributed by atoms with Gasteiger partial charge in [0, 0.05) is 0 Å². The molecular formula is C16H23NO2. The van der Waals surface area contributed by atoms with Crippen LogP contribution in [-0.4, -0.2) is 23.7 Å². The van der Waals surface area contributed by atoms with Gasteiger partial charge in [0.05, 0.1) is 18.1 Å². The lowest BCUT2D eigenvalue weighted by Crippen LogP contribution is -2.51. The van der Waals surface area contributed by atoms with Gasteiger partial charge in [0.1, 0.15) is 0 Å². The molecule has 1 aromatic rings. The van der Waals surface area contributed by atoms with Crippen LogP contribution in [0.5, 0.6) is 0 Å². The van der Waals surface area contributed by atoms with Crippen molar-refractivity contribution in [2.45, 2.75) is 45.1 Å². The lowest BCUT2D eigenvalue weighted by molar-refractivity contribution is -0.137. The third kappa shape index (κ3) is 3.16. The normalized spacial score (nSPS) is 18.4. The first-order chi connectivity index (χ1) is 9.20. The molecule has 1 atom stereocenters. The molecule has 1 aromatic carbocycles. The van der Waals surface area contributed by atoms with Crippen molar-refractivity contribution in [1.29, 1.82) is 0 Å². The van der Waals surface area contributed by atoms with Gasteiger partial charge in [-0.25, -0.2) is 0 Å². The first-order valence-corrected chi connectivity index (χ1v) is 7.16. The number of hydrogen-bond donors (Lipinski definition) is 2. The number of benzene rings is 1. The smallest absolute Gasteiger partial charge is 0.226 e. The van der Waals surface area contributed by atoms with Crippen molar-refractivity contribution in [3.05, 3.63) is 35.9 Å². The highest BCUT2D eigenvalue weighted by atomic mass is 16.3. The van der Waals surface area contributed by atoms with Crippen molar-refractivity contribution in [2.24, 2.45) is 5.41 Å². The fourth-order valence-corrected chi connectivity index (χ4v) is 2.69. The molecule has 2 N–H and O–H groups in total. The second kappa shape index (κ2) is 6.20. The molecule has 1 aliphatic carbocycles. The van der Waals surface area contributed by atoms with Gasteiger partial charge < -0.3 is 10.4 Å². The molecule has 3 nitrogen and oxygen atoms in total. The quantitative estimate of drug-likeness (QED) is 0.825. The number of amides is 1. The maximum absolute atomic E-state index is 12.5. The largest absolute Gasteiger partial charge is 0.394 e. The number of aliphatic hydroxyl groups is 1. The molecule has 0 spiro atoms. The summed E-state index contributed by atoms with van der Waals surface area (Å²) in [5, 5.41) is 12.2. The van der Waals surface area contributed by atoms with Crippen LogP contribution in [0, 0.1) is 5.41 Å². The first kappa shape index (κ1) is 14.1. The van der Waals surface area contributed by atoms with Gasteiger partial charge in [-0.1, -0.05) is 43.7 Å². The summed E-state index contributed by atoms with van der Waals surface area (Å²) < 4.78 is 0. The fourth-order valence-electron chi connectivity index (χ4n) is 2.69. The summed E-state index contributed by atoms with van der Waals surface area (Å²) >= 11 is 0. The van der Waals surface area contributed by atoms with Crippen molar-refractivity contribution in [1.82, 2.24) is 5.32 Å². The summed E-state index contributed by atoms with van der Waals surface area (Å²) in [6.07, 6.45) is 4.60. The predicted octanol–water partition coefficient (Wildman–Crippen LogP) is 2.29. The lowest BCUT2D eigenvalue weighted by atomic mass is 9.64. The topological polar surface area (TPSA) is 49.3 Å². The number of rotatable bonds is 6. The third-order valence-electron chi connectivity index (χ3n) is 4.23. The van der Waals surface area contributed by atoms with Crippen molar-refractivity contribution in [2.75, 3.05) is 6.61 Å². The molecule has 1 unspecified atom stereocenters. The van der Waals surface area contributed by atoms with Crippen LogP contribution in [0.1, 0.15) is 38.2 Å². The number of hydrogen-bond acceptors (Lipinski definition) is 2. The molecule has 1 amide bonds. The standard InChI is InChI=1S/C16H23NO2/c1-2-14(12-18)17-15(19)16(9-6-10-16)11-13-7-4-3-5-8-13/h3-5,7-8,14,18H,2,6,9-12H2,1H3,(H,17,19). The Morgan fingerprint density at radius 1 is 1.37 bits per heavy atom. The minimum absolute atomic E-state index is 0.0175. The SMILES string of the molecule is CCC(CO)NC(=O)C1(Cc2ccccc2)CCC1. The molecular weight excluding hydrogens is 238 g/mol. The van der Waals surface area contributed by atoms with E-state index in [1.165, 1.54) is 5.56 Å². The highest BCUT2D eigenvalue weighted by Crippen LogP contribution is 2.44. The van der Waals surface area contributed by atoms with Crippen molar-refractivity contribution in [3.8, 4) is 0 Å². The van der Waals surface area contributed by atoms with Crippen LogP contribution in [0.3, 0.4) is 0 Å². The summed E-state index contributed by atoms with van der Waals surface area (Å²) in [4.78, 5) is 12.5. The van der Waals surface area contributed by atoms with E-state index < -0.39 is 0 Å². The molecule has 104 valence electrons. The first-order valence-electron chi connectivity index (χ1n) is 7.16. The summed E-state index contributed by atoms with van der Waals surface area (Å²) in [7, 11) is 0. The van der Waals surface area contributed by atoms with Crippen molar-refractivity contribution in [3.63, 3.8) is 0 Å². The van der Waals surface area contributed by atoms with Crippen LogP contribution in [-0.2, 0) is 11.2 Å². The number of aliphatic hydroxyl groups excluding tert-OH is 1. The maximum Gasteiger partial charge on any atom is 0.226 e. The minimum Gasteiger partial charge on any atom is -0.394 e. The summed E-state index contributed by atoms with van der Waals surface area (Å²) in [5.74, 6) is 0.114. The molecule has 2 rings (SSSR count). The number of nitrogens with one attached hydrogen (secondary N) is 1. The highest BCUT2D eigenvalue weighted by molar-refractivity contribution is 5.84. The van der Waals surface area contributed by atoms with E-state index in [4.69, 9.17) is 0 Å². The molecule has 1 aliphatic rings. The van der Waals surface area contributed by atoms with E-state index >= 15 is 0 Å². The van der Waals surface area contributed by atoms with Crippen LogP contribution >= 0.6 is 0 Å². The van der Waals surface area contributed by atoms with E-state index in [1.54, 1.807) is 0 Å². The summed E-state index contributed by atoms with van der Waals surface area (Å²) in [6.45, 7) is 2.00. The predicted molar refractivity (Wildman–Crippen MR) is 75.7 cm³/mol. The Balaban J connectivity index is 2.03. The molecule has 0 radical (unpaired) electrons. The van der Waals surface area contributed by atoms with Gasteiger partial charge in [-0.15, -0.1) is 0 Å². The minimum atomic E-state index is -0.246. The van der Waals surface area contributed by atoms with Crippen molar-refractivity contribution < 1.29 is 9.90 Å². The molecule has 0 aliphatic heterocycles. The molecule has 0 aromatic heterocycles. The Kier molecular flexibility index (Phi) is 4.59. The summed E-state index contributed by atoms with van der Waals surface area (Å²) in [6, 6.07) is 10.1. The average molecular weight is 261 g/mol. The second-order valence-electron chi connectivity index (χ2n) is 5.56. The zero-order chi connectivity index (χ0) is 13.7. The van der Waals surface area contributed by atoms with E-state index in [2.05, 4.69) is 17.4 Å². The number of carbonyl (C=O) groups is 1. The Bertz CT molecular complexity index is 408. The molecule has 19 heavy (non-hydrogen) atoms. The fraction of sp³-hybridized carbons (Fsp3) is 0.562. The van der Waals surface area contributed by atoms with Gasteiger partial charge in [0.2, 0.25) is 5.91 Å². The molecule has 0 saturated heterocycles. The lowest BCUT2D eigenvalue weighted by Gasteiger charge is -2.41. The van der Waals surface area contributed by atoms with Crippen LogP contribution in [0.15, 0.2) is 30.3 Å². The monoisotopic (exact) mass is 261 g/mol. The van der Waals surface area contributed by atoms with E-state index in [1.807, 2.05) is 25.1 Å². The molecule has 1 fully saturated rings. The zero-order valence-corrected chi connectivity index (χ0v) is 11.6. The Morgan fingerprint density at radius 2 is 2.05 bits per heavy atom. The second-order valence-corrected chi connectivity index (χ2v) is 5.56. The summed E-state index contributed by atoms with van der Waals surface area (Å²) in [5.41, 5.74) is 0.971. The molecule has 0 bridgehead atoms. The number of carbonyl (C=O) groups excluding carboxylic acids is 1. The van der Waals surface area contributed by atoms with Crippen molar-refractivity contribution >= 4 is 5.91 Å². The van der Waals surface area contributed by atoms with Gasteiger partial charge in [-0.3, -0.25) is 4.79 Å². The highest BCUT2D eigenvalue weighted by Gasteiger charge is 2.44.